The van der Waals surface area contributed by atoms with Crippen LogP contribution in [0.1, 0.15) is 5.76 Å². The van der Waals surface area contributed by atoms with E-state index in [-0.39, 0.29) is 21.3 Å². The Balaban J connectivity index is 1.79. The summed E-state index contributed by atoms with van der Waals surface area (Å²) in [4.78, 5) is -0.348. The monoisotopic (exact) mass is 411 g/mol. The SMILES string of the molecule is Cc1cc(NS(=O)(=O)c2ccc(NS(=O)(=O)c3cccc(F)c3)cc2)no1. The fourth-order valence-corrected chi connectivity index (χ4v) is 4.23. The Hall–Kier alpha value is -2.92. The first-order valence-electron chi connectivity index (χ1n) is 7.50. The van der Waals surface area contributed by atoms with E-state index in [9.17, 15) is 21.2 Å². The molecule has 1 aromatic heterocycles. The summed E-state index contributed by atoms with van der Waals surface area (Å²) in [5, 5.41) is 3.55. The van der Waals surface area contributed by atoms with E-state index in [2.05, 4.69) is 14.6 Å². The highest BCUT2D eigenvalue weighted by molar-refractivity contribution is 7.93. The third-order valence-corrected chi connectivity index (χ3v) is 6.14. The van der Waals surface area contributed by atoms with Gasteiger partial charge in [-0.25, -0.2) is 21.2 Å². The van der Waals surface area contributed by atoms with Crippen LogP contribution in [0.5, 0.6) is 0 Å². The summed E-state index contributed by atoms with van der Waals surface area (Å²) in [6.45, 7) is 1.62. The molecule has 2 N–H and O–H groups in total. The highest BCUT2D eigenvalue weighted by atomic mass is 32.2. The van der Waals surface area contributed by atoms with E-state index < -0.39 is 25.9 Å². The van der Waals surface area contributed by atoms with Crippen LogP contribution < -0.4 is 9.44 Å². The summed E-state index contributed by atoms with van der Waals surface area (Å²) in [7, 11) is -7.92. The first-order chi connectivity index (χ1) is 12.7. The molecular weight excluding hydrogens is 397 g/mol. The zero-order chi connectivity index (χ0) is 19.7. The number of halogens is 1. The average Bonchev–Trinajstić information content (AvgIpc) is 2.99. The van der Waals surface area contributed by atoms with Crippen molar-refractivity contribution in [3.8, 4) is 0 Å². The van der Waals surface area contributed by atoms with Crippen LogP contribution in [-0.4, -0.2) is 22.0 Å². The first kappa shape index (κ1) is 18.9. The fourth-order valence-electron chi connectivity index (χ4n) is 2.16. The van der Waals surface area contributed by atoms with Gasteiger partial charge in [0.15, 0.2) is 5.82 Å². The van der Waals surface area contributed by atoms with Crippen molar-refractivity contribution in [2.45, 2.75) is 16.7 Å². The quantitative estimate of drug-likeness (QED) is 0.644. The van der Waals surface area contributed by atoms with Gasteiger partial charge in [-0.2, -0.15) is 0 Å². The molecule has 0 saturated carbocycles. The second kappa shape index (κ2) is 7.00. The molecule has 0 atom stereocenters. The van der Waals surface area contributed by atoms with Crippen molar-refractivity contribution in [2.24, 2.45) is 0 Å². The maximum Gasteiger partial charge on any atom is 0.263 e. The molecule has 0 bridgehead atoms. The maximum atomic E-state index is 13.2. The number of nitrogens with one attached hydrogen (secondary N) is 2. The highest BCUT2D eigenvalue weighted by Crippen LogP contribution is 2.21. The smallest absolute Gasteiger partial charge is 0.263 e. The van der Waals surface area contributed by atoms with Crippen molar-refractivity contribution in [3.05, 3.63) is 66.2 Å². The van der Waals surface area contributed by atoms with Crippen molar-refractivity contribution >= 4 is 31.6 Å². The van der Waals surface area contributed by atoms with Gasteiger partial charge >= 0.3 is 0 Å². The van der Waals surface area contributed by atoms with Gasteiger partial charge in [-0.1, -0.05) is 11.2 Å². The number of sulfonamides is 2. The largest absolute Gasteiger partial charge is 0.360 e. The van der Waals surface area contributed by atoms with Gasteiger partial charge in [-0.05, 0) is 49.4 Å². The number of benzene rings is 2. The summed E-state index contributed by atoms with van der Waals surface area (Å²) >= 11 is 0. The summed E-state index contributed by atoms with van der Waals surface area (Å²) in [6, 6.07) is 10.9. The Bertz CT molecular complexity index is 1170. The van der Waals surface area contributed by atoms with Gasteiger partial charge in [0.25, 0.3) is 20.0 Å². The Labute approximate surface area is 155 Å². The zero-order valence-corrected chi connectivity index (χ0v) is 15.5. The summed E-state index contributed by atoms with van der Waals surface area (Å²) in [5.74, 6) is -0.216. The number of anilines is 2. The van der Waals surface area contributed by atoms with E-state index in [4.69, 9.17) is 4.52 Å². The lowest BCUT2D eigenvalue weighted by Crippen LogP contribution is -2.15. The zero-order valence-electron chi connectivity index (χ0n) is 13.9. The van der Waals surface area contributed by atoms with Crippen molar-refractivity contribution in [1.29, 1.82) is 0 Å². The number of hydrogen-bond donors (Lipinski definition) is 2. The number of nitrogens with zero attached hydrogens (tertiary/aromatic N) is 1. The van der Waals surface area contributed by atoms with Gasteiger partial charge in [-0.3, -0.25) is 9.44 Å². The lowest BCUT2D eigenvalue weighted by molar-refractivity contribution is 0.400. The Morgan fingerprint density at radius 3 is 2.15 bits per heavy atom. The molecule has 3 aromatic rings. The molecule has 0 aliphatic rings. The van der Waals surface area contributed by atoms with Crippen LogP contribution in [0.15, 0.2) is 68.9 Å². The molecule has 0 saturated heterocycles. The van der Waals surface area contributed by atoms with Crippen molar-refractivity contribution in [1.82, 2.24) is 5.16 Å². The molecule has 0 spiro atoms. The minimum Gasteiger partial charge on any atom is -0.360 e. The molecule has 11 heteroatoms. The van der Waals surface area contributed by atoms with Crippen molar-refractivity contribution in [2.75, 3.05) is 9.44 Å². The molecule has 1 heterocycles. The summed E-state index contributed by atoms with van der Waals surface area (Å²) in [5.41, 5.74) is 0.121. The van der Waals surface area contributed by atoms with Gasteiger partial charge in [0.1, 0.15) is 11.6 Å². The van der Waals surface area contributed by atoms with Crippen LogP contribution in [0.4, 0.5) is 15.9 Å². The minimum atomic E-state index is -4.01. The Morgan fingerprint density at radius 1 is 0.889 bits per heavy atom. The summed E-state index contributed by atoms with van der Waals surface area (Å²) < 4.78 is 71.6. The number of hydrogen-bond acceptors (Lipinski definition) is 6. The molecule has 3 rings (SSSR count). The summed E-state index contributed by atoms with van der Waals surface area (Å²) in [6.07, 6.45) is 0. The van der Waals surface area contributed by atoms with E-state index >= 15 is 0 Å². The third kappa shape index (κ3) is 4.44. The predicted octanol–water partition coefficient (Wildman–Crippen LogP) is 2.72. The number of aryl methyl sites for hydroxylation is 1. The lowest BCUT2D eigenvalue weighted by atomic mass is 10.3. The van der Waals surface area contributed by atoms with Crippen LogP contribution in [0.25, 0.3) is 0 Å². The van der Waals surface area contributed by atoms with Crippen LogP contribution >= 0.6 is 0 Å². The molecule has 2 aromatic carbocycles. The molecular formula is C16H14FN3O5S2. The molecule has 27 heavy (non-hydrogen) atoms. The van der Waals surface area contributed by atoms with Gasteiger partial charge in [0, 0.05) is 11.8 Å². The fraction of sp³-hybridized carbons (Fsp3) is 0.0625. The third-order valence-electron chi connectivity index (χ3n) is 3.39. The molecule has 0 amide bonds. The molecule has 0 radical (unpaired) electrons. The van der Waals surface area contributed by atoms with Gasteiger partial charge < -0.3 is 4.52 Å². The van der Waals surface area contributed by atoms with E-state index in [0.29, 0.717) is 5.76 Å². The van der Waals surface area contributed by atoms with Gasteiger partial charge in [0.2, 0.25) is 0 Å². The topological polar surface area (TPSA) is 118 Å². The molecule has 0 aliphatic carbocycles. The van der Waals surface area contributed by atoms with Crippen LogP contribution in [0, 0.1) is 12.7 Å². The van der Waals surface area contributed by atoms with Crippen LogP contribution in [-0.2, 0) is 20.0 Å². The molecule has 142 valence electrons. The number of rotatable bonds is 6. The molecule has 8 nitrogen and oxygen atoms in total. The predicted molar refractivity (Wildman–Crippen MR) is 95.7 cm³/mol. The second-order valence-electron chi connectivity index (χ2n) is 5.52. The Morgan fingerprint density at radius 2 is 1.56 bits per heavy atom. The van der Waals surface area contributed by atoms with E-state index in [0.717, 1.165) is 12.1 Å². The van der Waals surface area contributed by atoms with Crippen LogP contribution in [0.3, 0.4) is 0 Å². The van der Waals surface area contributed by atoms with Gasteiger partial charge in [0.05, 0.1) is 9.79 Å². The molecule has 0 unspecified atom stereocenters. The van der Waals surface area contributed by atoms with E-state index in [1.165, 1.54) is 42.5 Å². The molecule has 0 aliphatic heterocycles. The molecule has 0 fully saturated rings. The maximum absolute atomic E-state index is 13.2. The standard InChI is InChI=1S/C16H14FN3O5S2/c1-11-9-16(18-25-11)20-26(21,22)14-7-5-13(6-8-14)19-27(23,24)15-4-2-3-12(17)10-15/h2-10,19H,1H3,(H,18,20). The Kier molecular flexibility index (Phi) is 4.89. The van der Waals surface area contributed by atoms with Gasteiger partial charge in [-0.15, -0.1) is 0 Å². The van der Waals surface area contributed by atoms with Crippen molar-refractivity contribution in [3.63, 3.8) is 0 Å². The average molecular weight is 411 g/mol. The normalized spacial score (nSPS) is 11.9. The number of aromatic nitrogens is 1. The van der Waals surface area contributed by atoms with Crippen molar-refractivity contribution < 1.29 is 25.7 Å². The second-order valence-corrected chi connectivity index (χ2v) is 8.88. The lowest BCUT2D eigenvalue weighted by Gasteiger charge is -2.09. The van der Waals surface area contributed by atoms with E-state index in [1.807, 2.05) is 0 Å². The highest BCUT2D eigenvalue weighted by Gasteiger charge is 2.18. The minimum absolute atomic E-state index is 0.0309. The first-order valence-corrected chi connectivity index (χ1v) is 10.5. The van der Waals surface area contributed by atoms with E-state index in [1.54, 1.807) is 6.92 Å². The van der Waals surface area contributed by atoms with Crippen LogP contribution in [0.2, 0.25) is 0 Å².